The quantitative estimate of drug-likeness (QED) is 0.783. The molecule has 2 aromatic rings. The van der Waals surface area contributed by atoms with Crippen LogP contribution in [-0.4, -0.2) is 37.2 Å². The SMILES string of the molecule is COc1ccc(CC(=O)N(Cc2ccco2)CC2CCCO2)cc1. The van der Waals surface area contributed by atoms with Crippen molar-refractivity contribution in [2.45, 2.75) is 31.9 Å². The van der Waals surface area contributed by atoms with E-state index >= 15 is 0 Å². The lowest BCUT2D eigenvalue weighted by molar-refractivity contribution is -0.133. The molecule has 1 aromatic heterocycles. The summed E-state index contributed by atoms with van der Waals surface area (Å²) in [6.45, 7) is 1.86. The lowest BCUT2D eigenvalue weighted by atomic mass is 10.1. The van der Waals surface area contributed by atoms with Gasteiger partial charge in [-0.2, -0.15) is 0 Å². The van der Waals surface area contributed by atoms with Gasteiger partial charge in [0.25, 0.3) is 0 Å². The normalized spacial score (nSPS) is 17.0. The van der Waals surface area contributed by atoms with Gasteiger partial charge in [0, 0.05) is 13.2 Å². The first-order chi connectivity index (χ1) is 11.7. The Morgan fingerprint density at radius 3 is 2.75 bits per heavy atom. The maximum atomic E-state index is 12.8. The third kappa shape index (κ3) is 4.38. The molecule has 0 saturated carbocycles. The molecule has 0 N–H and O–H groups in total. The average Bonchev–Trinajstić information content (AvgIpc) is 3.29. The molecule has 1 aliphatic heterocycles. The van der Waals surface area contributed by atoms with Crippen LogP contribution < -0.4 is 4.74 Å². The second kappa shape index (κ2) is 8.02. The summed E-state index contributed by atoms with van der Waals surface area (Å²) < 4.78 is 16.3. The minimum Gasteiger partial charge on any atom is -0.497 e. The van der Waals surface area contributed by atoms with E-state index in [1.54, 1.807) is 13.4 Å². The number of methoxy groups -OCH3 is 1. The first-order valence-electron chi connectivity index (χ1n) is 8.29. The summed E-state index contributed by atoms with van der Waals surface area (Å²) in [7, 11) is 1.63. The van der Waals surface area contributed by atoms with Gasteiger partial charge in [-0.1, -0.05) is 12.1 Å². The molecule has 1 atom stereocenters. The zero-order valence-electron chi connectivity index (χ0n) is 13.9. The molecule has 24 heavy (non-hydrogen) atoms. The molecule has 5 nitrogen and oxygen atoms in total. The number of hydrogen-bond donors (Lipinski definition) is 0. The molecule has 0 spiro atoms. The fraction of sp³-hybridized carbons (Fsp3) is 0.421. The summed E-state index contributed by atoms with van der Waals surface area (Å²) in [6.07, 6.45) is 4.18. The number of rotatable bonds is 7. The Balaban J connectivity index is 1.66. The van der Waals surface area contributed by atoms with Gasteiger partial charge in [-0.05, 0) is 42.7 Å². The molecule has 1 aliphatic rings. The van der Waals surface area contributed by atoms with Gasteiger partial charge in [0.2, 0.25) is 5.91 Å². The minimum atomic E-state index is 0.0760. The molecule has 1 saturated heterocycles. The number of benzene rings is 1. The predicted octanol–water partition coefficient (Wildman–Crippen LogP) is 3.04. The highest BCUT2D eigenvalue weighted by Gasteiger charge is 2.23. The molecule has 3 rings (SSSR count). The van der Waals surface area contributed by atoms with Gasteiger partial charge >= 0.3 is 0 Å². The van der Waals surface area contributed by atoms with Crippen LogP contribution in [0.25, 0.3) is 0 Å². The third-order valence-electron chi connectivity index (χ3n) is 4.24. The molecule has 1 unspecified atom stereocenters. The van der Waals surface area contributed by atoms with E-state index in [-0.39, 0.29) is 12.0 Å². The van der Waals surface area contributed by atoms with Crippen LogP contribution in [-0.2, 0) is 22.5 Å². The molecular formula is C19H23NO4. The van der Waals surface area contributed by atoms with Gasteiger partial charge in [0.05, 0.1) is 32.4 Å². The predicted molar refractivity (Wildman–Crippen MR) is 89.8 cm³/mol. The maximum absolute atomic E-state index is 12.8. The van der Waals surface area contributed by atoms with Crippen molar-refractivity contribution in [1.29, 1.82) is 0 Å². The largest absolute Gasteiger partial charge is 0.497 e. The minimum absolute atomic E-state index is 0.0760. The number of carbonyl (C=O) groups is 1. The lowest BCUT2D eigenvalue weighted by Gasteiger charge is -2.25. The molecular weight excluding hydrogens is 306 g/mol. The van der Waals surface area contributed by atoms with Crippen molar-refractivity contribution in [3.63, 3.8) is 0 Å². The van der Waals surface area contributed by atoms with Gasteiger partial charge in [-0.25, -0.2) is 0 Å². The number of carbonyl (C=O) groups excluding carboxylic acids is 1. The van der Waals surface area contributed by atoms with Gasteiger partial charge in [0.15, 0.2) is 0 Å². The average molecular weight is 329 g/mol. The zero-order valence-corrected chi connectivity index (χ0v) is 13.9. The van der Waals surface area contributed by atoms with E-state index in [1.165, 1.54) is 0 Å². The summed E-state index contributed by atoms with van der Waals surface area (Å²) >= 11 is 0. The van der Waals surface area contributed by atoms with E-state index in [4.69, 9.17) is 13.9 Å². The van der Waals surface area contributed by atoms with E-state index in [9.17, 15) is 4.79 Å². The third-order valence-corrected chi connectivity index (χ3v) is 4.24. The van der Waals surface area contributed by atoms with E-state index < -0.39 is 0 Å². The second-order valence-corrected chi connectivity index (χ2v) is 6.01. The Labute approximate surface area is 142 Å². The molecule has 1 aromatic carbocycles. The Hall–Kier alpha value is -2.27. The highest BCUT2D eigenvalue weighted by Crippen LogP contribution is 2.17. The van der Waals surface area contributed by atoms with Crippen LogP contribution >= 0.6 is 0 Å². The molecule has 0 radical (unpaired) electrons. The number of hydrogen-bond acceptors (Lipinski definition) is 4. The van der Waals surface area contributed by atoms with E-state index in [1.807, 2.05) is 41.3 Å². The van der Waals surface area contributed by atoms with Crippen LogP contribution in [0.2, 0.25) is 0 Å². The molecule has 5 heteroatoms. The standard InChI is InChI=1S/C19H23NO4/c1-22-16-8-6-15(7-9-16)12-19(21)20(13-17-4-2-10-23-17)14-18-5-3-11-24-18/h2,4,6-10,18H,3,5,11-14H2,1H3. The highest BCUT2D eigenvalue weighted by molar-refractivity contribution is 5.78. The molecule has 0 aliphatic carbocycles. The van der Waals surface area contributed by atoms with Crippen molar-refractivity contribution in [2.75, 3.05) is 20.3 Å². The summed E-state index contributed by atoms with van der Waals surface area (Å²) in [6, 6.07) is 11.3. The van der Waals surface area contributed by atoms with Crippen molar-refractivity contribution < 1.29 is 18.7 Å². The zero-order chi connectivity index (χ0) is 16.8. The van der Waals surface area contributed by atoms with Crippen LogP contribution in [0.4, 0.5) is 0 Å². The molecule has 1 fully saturated rings. The van der Waals surface area contributed by atoms with Gasteiger partial charge < -0.3 is 18.8 Å². The van der Waals surface area contributed by atoms with E-state index in [2.05, 4.69) is 0 Å². The lowest BCUT2D eigenvalue weighted by Crippen LogP contribution is -2.37. The fourth-order valence-corrected chi connectivity index (χ4v) is 2.91. The van der Waals surface area contributed by atoms with Crippen molar-refractivity contribution >= 4 is 5.91 Å². The summed E-state index contributed by atoms with van der Waals surface area (Å²) in [5.41, 5.74) is 0.970. The van der Waals surface area contributed by atoms with Crippen molar-refractivity contribution in [2.24, 2.45) is 0 Å². The van der Waals surface area contributed by atoms with Crippen molar-refractivity contribution in [1.82, 2.24) is 4.90 Å². The summed E-state index contributed by atoms with van der Waals surface area (Å²) in [4.78, 5) is 14.6. The topological polar surface area (TPSA) is 51.9 Å². The van der Waals surface area contributed by atoms with Crippen LogP contribution in [0.1, 0.15) is 24.2 Å². The molecule has 1 amide bonds. The van der Waals surface area contributed by atoms with Crippen LogP contribution in [0.3, 0.4) is 0 Å². The first kappa shape index (κ1) is 16.6. The number of nitrogens with zero attached hydrogens (tertiary/aromatic N) is 1. The van der Waals surface area contributed by atoms with Crippen molar-refractivity contribution in [3.8, 4) is 5.75 Å². The van der Waals surface area contributed by atoms with E-state index in [0.717, 1.165) is 36.5 Å². The number of ether oxygens (including phenoxy) is 2. The maximum Gasteiger partial charge on any atom is 0.227 e. The Morgan fingerprint density at radius 1 is 1.29 bits per heavy atom. The highest BCUT2D eigenvalue weighted by atomic mass is 16.5. The van der Waals surface area contributed by atoms with Crippen LogP contribution in [0.15, 0.2) is 47.1 Å². The first-order valence-corrected chi connectivity index (χ1v) is 8.29. The number of amides is 1. The Morgan fingerprint density at radius 2 is 2.12 bits per heavy atom. The molecule has 128 valence electrons. The van der Waals surface area contributed by atoms with Crippen molar-refractivity contribution in [3.05, 3.63) is 54.0 Å². The smallest absolute Gasteiger partial charge is 0.227 e. The monoisotopic (exact) mass is 329 g/mol. The molecule has 2 heterocycles. The van der Waals surface area contributed by atoms with Crippen LogP contribution in [0.5, 0.6) is 5.75 Å². The van der Waals surface area contributed by atoms with Crippen LogP contribution in [0, 0.1) is 0 Å². The fourth-order valence-electron chi connectivity index (χ4n) is 2.91. The summed E-state index contributed by atoms with van der Waals surface area (Å²) in [5.74, 6) is 1.65. The van der Waals surface area contributed by atoms with Gasteiger partial charge in [-0.3, -0.25) is 4.79 Å². The second-order valence-electron chi connectivity index (χ2n) is 6.01. The molecule has 0 bridgehead atoms. The number of furan rings is 1. The van der Waals surface area contributed by atoms with Gasteiger partial charge in [-0.15, -0.1) is 0 Å². The Bertz CT molecular complexity index is 630. The Kier molecular flexibility index (Phi) is 5.54. The summed E-state index contributed by atoms with van der Waals surface area (Å²) in [5, 5.41) is 0. The van der Waals surface area contributed by atoms with E-state index in [0.29, 0.717) is 19.5 Å². The van der Waals surface area contributed by atoms with Gasteiger partial charge in [0.1, 0.15) is 11.5 Å².